The van der Waals surface area contributed by atoms with Crippen molar-refractivity contribution in [1.82, 2.24) is 15.1 Å². The average molecular weight is 432 g/mol. The van der Waals surface area contributed by atoms with Crippen LogP contribution in [0.15, 0.2) is 23.1 Å². The Balaban J connectivity index is 2.80. The third-order valence-electron chi connectivity index (χ3n) is 4.72. The van der Waals surface area contributed by atoms with Gasteiger partial charge in [-0.15, -0.1) is 0 Å². The van der Waals surface area contributed by atoms with Crippen molar-refractivity contribution in [3.05, 3.63) is 29.6 Å². The largest absolute Gasteiger partial charge is 0.359 e. The summed E-state index contributed by atoms with van der Waals surface area (Å²) in [6.45, 7) is 2.91. The number of hydroxylamine groups is 1. The summed E-state index contributed by atoms with van der Waals surface area (Å²) in [7, 11) is -2.48. The Morgan fingerprint density at radius 3 is 2.38 bits per heavy atom. The summed E-state index contributed by atoms with van der Waals surface area (Å²) in [6.07, 6.45) is 4.08. The molecule has 1 rings (SSSR count). The fourth-order valence-corrected chi connectivity index (χ4v) is 4.59. The van der Waals surface area contributed by atoms with E-state index in [9.17, 15) is 22.4 Å². The number of hydrogen-bond donors (Lipinski definition) is 3. The van der Waals surface area contributed by atoms with Gasteiger partial charge in [-0.1, -0.05) is 19.3 Å². The molecule has 0 spiro atoms. The molecular weight excluding hydrogens is 401 g/mol. The molecule has 2 amide bonds. The molecule has 0 bridgehead atoms. The molecule has 164 valence electrons. The average Bonchev–Trinajstić information content (AvgIpc) is 2.70. The van der Waals surface area contributed by atoms with Gasteiger partial charge in [0.1, 0.15) is 11.9 Å². The number of carbonyl (C=O) groups is 2. The summed E-state index contributed by atoms with van der Waals surface area (Å²) in [4.78, 5) is 22.9. The van der Waals surface area contributed by atoms with Crippen LogP contribution in [0, 0.1) is 12.7 Å². The maximum atomic E-state index is 13.5. The first-order valence-electron chi connectivity index (χ1n) is 9.57. The quantitative estimate of drug-likeness (QED) is 0.266. The first kappa shape index (κ1) is 25.0. The summed E-state index contributed by atoms with van der Waals surface area (Å²) >= 11 is 0. The van der Waals surface area contributed by atoms with E-state index in [1.165, 1.54) is 25.4 Å². The Labute approximate surface area is 171 Å². The standard InChI is InChI=1S/C19H30FN3O5S/c1-14-13-16(10-11-17(14)20)29(27,28)23(15(2)19(25)22-26)12-8-6-4-5-7-9-18(24)21-3/h10-11,13,15,26H,4-9,12H2,1-3H3,(H,21,24)(H,22,25)/t15-/m1/s1. The van der Waals surface area contributed by atoms with Gasteiger partial charge >= 0.3 is 0 Å². The lowest BCUT2D eigenvalue weighted by Crippen LogP contribution is -2.47. The third-order valence-corrected chi connectivity index (χ3v) is 6.68. The van der Waals surface area contributed by atoms with Crippen molar-refractivity contribution >= 4 is 21.8 Å². The zero-order valence-corrected chi connectivity index (χ0v) is 17.9. The summed E-state index contributed by atoms with van der Waals surface area (Å²) in [6, 6.07) is 2.32. The van der Waals surface area contributed by atoms with Crippen LogP contribution in [0.1, 0.15) is 51.0 Å². The van der Waals surface area contributed by atoms with Crippen molar-refractivity contribution in [1.29, 1.82) is 0 Å². The first-order valence-corrected chi connectivity index (χ1v) is 11.0. The molecule has 10 heteroatoms. The fourth-order valence-electron chi connectivity index (χ4n) is 2.87. The number of rotatable bonds is 12. The Bertz CT molecular complexity index is 801. The molecule has 1 atom stereocenters. The highest BCUT2D eigenvalue weighted by atomic mass is 32.2. The minimum Gasteiger partial charge on any atom is -0.359 e. The van der Waals surface area contributed by atoms with Crippen LogP contribution in [-0.4, -0.2) is 49.4 Å². The molecule has 29 heavy (non-hydrogen) atoms. The van der Waals surface area contributed by atoms with E-state index in [1.54, 1.807) is 7.05 Å². The molecule has 0 fully saturated rings. The first-order chi connectivity index (χ1) is 13.6. The van der Waals surface area contributed by atoms with Crippen LogP contribution in [0.2, 0.25) is 0 Å². The molecule has 0 saturated carbocycles. The monoisotopic (exact) mass is 431 g/mol. The number of benzene rings is 1. The van der Waals surface area contributed by atoms with E-state index in [0.717, 1.165) is 42.1 Å². The van der Waals surface area contributed by atoms with Crippen LogP contribution in [0.4, 0.5) is 4.39 Å². The van der Waals surface area contributed by atoms with E-state index < -0.39 is 27.8 Å². The topological polar surface area (TPSA) is 116 Å². The van der Waals surface area contributed by atoms with Crippen LogP contribution in [-0.2, 0) is 19.6 Å². The zero-order valence-electron chi connectivity index (χ0n) is 17.1. The Morgan fingerprint density at radius 1 is 1.17 bits per heavy atom. The molecule has 1 aromatic carbocycles. The van der Waals surface area contributed by atoms with Crippen LogP contribution in [0.5, 0.6) is 0 Å². The van der Waals surface area contributed by atoms with Gasteiger partial charge in [-0.3, -0.25) is 14.8 Å². The smallest absolute Gasteiger partial charge is 0.261 e. The van der Waals surface area contributed by atoms with Crippen LogP contribution >= 0.6 is 0 Å². The number of hydrogen-bond acceptors (Lipinski definition) is 5. The van der Waals surface area contributed by atoms with Gasteiger partial charge in [-0.2, -0.15) is 4.31 Å². The lowest BCUT2D eigenvalue weighted by molar-refractivity contribution is -0.132. The second kappa shape index (κ2) is 11.8. The van der Waals surface area contributed by atoms with Gasteiger partial charge in [-0.25, -0.2) is 18.3 Å². The highest BCUT2D eigenvalue weighted by molar-refractivity contribution is 7.89. The molecular formula is C19H30FN3O5S. The minimum atomic E-state index is -4.06. The zero-order chi connectivity index (χ0) is 22.0. The van der Waals surface area contributed by atoms with Crippen LogP contribution < -0.4 is 10.8 Å². The minimum absolute atomic E-state index is 0.0132. The number of aryl methyl sites for hydroxylation is 1. The fraction of sp³-hybridized carbons (Fsp3) is 0.579. The second-order valence-electron chi connectivity index (χ2n) is 6.87. The number of sulfonamides is 1. The molecule has 0 saturated heterocycles. The van der Waals surface area contributed by atoms with Gasteiger partial charge in [-0.05, 0) is 50.5 Å². The molecule has 0 aliphatic heterocycles. The highest BCUT2D eigenvalue weighted by Gasteiger charge is 2.32. The molecule has 8 nitrogen and oxygen atoms in total. The lowest BCUT2D eigenvalue weighted by atomic mass is 10.1. The predicted octanol–water partition coefficient (Wildman–Crippen LogP) is 2.11. The number of carbonyl (C=O) groups excluding carboxylic acids is 2. The highest BCUT2D eigenvalue weighted by Crippen LogP contribution is 2.22. The van der Waals surface area contributed by atoms with E-state index in [4.69, 9.17) is 5.21 Å². The normalized spacial score (nSPS) is 12.6. The molecule has 0 unspecified atom stereocenters. The van der Waals surface area contributed by atoms with Gasteiger partial charge in [0.05, 0.1) is 4.90 Å². The molecule has 0 radical (unpaired) electrons. The number of halogens is 1. The van der Waals surface area contributed by atoms with Crippen molar-refractivity contribution in [2.24, 2.45) is 0 Å². The van der Waals surface area contributed by atoms with Crippen molar-refractivity contribution in [3.63, 3.8) is 0 Å². The van der Waals surface area contributed by atoms with Gasteiger partial charge in [0.2, 0.25) is 15.9 Å². The second-order valence-corrected chi connectivity index (χ2v) is 8.76. The SMILES string of the molecule is CNC(=O)CCCCCCCN([C@H](C)C(=O)NO)S(=O)(=O)c1ccc(F)c(C)c1. The number of unbranched alkanes of at least 4 members (excludes halogenated alkanes) is 4. The third kappa shape index (κ3) is 7.37. The summed E-state index contributed by atoms with van der Waals surface area (Å²) < 4.78 is 40.6. The molecule has 1 aromatic rings. The molecule has 0 aliphatic carbocycles. The molecule has 0 aromatic heterocycles. The van der Waals surface area contributed by atoms with Gasteiger partial charge < -0.3 is 5.32 Å². The summed E-state index contributed by atoms with van der Waals surface area (Å²) in [5.74, 6) is -1.38. The lowest BCUT2D eigenvalue weighted by Gasteiger charge is -2.27. The van der Waals surface area contributed by atoms with E-state index in [-0.39, 0.29) is 22.9 Å². The number of nitrogens with one attached hydrogen (secondary N) is 2. The van der Waals surface area contributed by atoms with Crippen molar-refractivity contribution in [3.8, 4) is 0 Å². The van der Waals surface area contributed by atoms with E-state index in [2.05, 4.69) is 5.32 Å². The van der Waals surface area contributed by atoms with E-state index in [1.807, 2.05) is 0 Å². The molecule has 0 heterocycles. The Morgan fingerprint density at radius 2 is 1.79 bits per heavy atom. The molecule has 3 N–H and O–H groups in total. The van der Waals surface area contributed by atoms with Crippen LogP contribution in [0.25, 0.3) is 0 Å². The maximum absolute atomic E-state index is 13.5. The predicted molar refractivity (Wildman–Crippen MR) is 106 cm³/mol. The van der Waals surface area contributed by atoms with Crippen molar-refractivity contribution in [2.45, 2.75) is 63.3 Å². The van der Waals surface area contributed by atoms with Crippen molar-refractivity contribution < 1.29 is 27.6 Å². The number of amides is 2. The van der Waals surface area contributed by atoms with E-state index >= 15 is 0 Å². The van der Waals surface area contributed by atoms with Gasteiger partial charge in [0.25, 0.3) is 5.91 Å². The Hall–Kier alpha value is -2.04. The summed E-state index contributed by atoms with van der Waals surface area (Å²) in [5, 5.41) is 11.5. The Kier molecular flexibility index (Phi) is 10.2. The number of nitrogens with zero attached hydrogens (tertiary/aromatic N) is 1. The van der Waals surface area contributed by atoms with E-state index in [0.29, 0.717) is 12.8 Å². The van der Waals surface area contributed by atoms with Crippen molar-refractivity contribution in [2.75, 3.05) is 13.6 Å². The van der Waals surface area contributed by atoms with Gasteiger partial charge in [0, 0.05) is 20.0 Å². The maximum Gasteiger partial charge on any atom is 0.261 e. The summed E-state index contributed by atoms with van der Waals surface area (Å²) in [5.41, 5.74) is 1.66. The van der Waals surface area contributed by atoms with Crippen LogP contribution in [0.3, 0.4) is 0 Å². The van der Waals surface area contributed by atoms with Gasteiger partial charge in [0.15, 0.2) is 0 Å². The molecule has 0 aliphatic rings.